The molecule has 2 nitrogen and oxygen atoms in total. The van der Waals surface area contributed by atoms with Crippen LogP contribution in [0.4, 0.5) is 0 Å². The van der Waals surface area contributed by atoms with E-state index in [0.29, 0.717) is 11.6 Å². The maximum absolute atomic E-state index is 3.69. The Hall–Kier alpha value is -0.0800. The highest BCUT2D eigenvalue weighted by Gasteiger charge is 2.42. The van der Waals surface area contributed by atoms with Gasteiger partial charge < -0.3 is 10.2 Å². The largest absolute Gasteiger partial charge is 0.315 e. The van der Waals surface area contributed by atoms with Crippen LogP contribution >= 0.6 is 0 Å². The van der Waals surface area contributed by atoms with Crippen molar-refractivity contribution < 1.29 is 0 Å². The molecule has 0 aromatic rings. The number of likely N-dealkylation sites (N-methyl/N-ethyl adjacent to an activating group) is 2. The third-order valence-corrected chi connectivity index (χ3v) is 5.95. The van der Waals surface area contributed by atoms with Gasteiger partial charge in [0.05, 0.1) is 0 Å². The summed E-state index contributed by atoms with van der Waals surface area (Å²) in [5, 5.41) is 3.69. The first-order valence-corrected chi connectivity index (χ1v) is 8.40. The van der Waals surface area contributed by atoms with Gasteiger partial charge in [-0.05, 0) is 58.7 Å². The summed E-state index contributed by atoms with van der Waals surface area (Å²) < 4.78 is 0. The molecular weight excluding hydrogens is 232 g/mol. The van der Waals surface area contributed by atoms with Crippen molar-refractivity contribution in [2.75, 3.05) is 21.1 Å². The fourth-order valence-corrected chi connectivity index (χ4v) is 4.47. The van der Waals surface area contributed by atoms with E-state index in [0.717, 1.165) is 11.8 Å². The standard InChI is InChI=1S/C17H36N2/c1-7-14-10-12-15(13-11-14)16(18-4)17(8-2,9-3)19(5)6/h14-16,18H,7-13H2,1-6H3. The first kappa shape index (κ1) is 17.0. The molecule has 1 rings (SSSR count). The van der Waals surface area contributed by atoms with Gasteiger partial charge in [0, 0.05) is 11.6 Å². The lowest BCUT2D eigenvalue weighted by Crippen LogP contribution is -2.61. The number of hydrogen-bond acceptors (Lipinski definition) is 2. The topological polar surface area (TPSA) is 15.3 Å². The van der Waals surface area contributed by atoms with E-state index in [9.17, 15) is 0 Å². The van der Waals surface area contributed by atoms with Gasteiger partial charge in [-0.25, -0.2) is 0 Å². The highest BCUT2D eigenvalue weighted by atomic mass is 15.2. The molecule has 1 aliphatic carbocycles. The molecule has 19 heavy (non-hydrogen) atoms. The van der Waals surface area contributed by atoms with Gasteiger partial charge in [-0.1, -0.05) is 40.0 Å². The van der Waals surface area contributed by atoms with Crippen molar-refractivity contribution in [1.82, 2.24) is 10.2 Å². The van der Waals surface area contributed by atoms with Crippen LogP contribution in [0.1, 0.15) is 65.7 Å². The Morgan fingerprint density at radius 3 is 1.89 bits per heavy atom. The zero-order valence-electron chi connectivity index (χ0n) is 14.1. The average Bonchev–Trinajstić information content (AvgIpc) is 2.44. The normalized spacial score (nSPS) is 26.7. The maximum atomic E-state index is 3.69. The second-order valence-corrected chi connectivity index (χ2v) is 6.66. The molecule has 1 aliphatic rings. The molecule has 1 saturated carbocycles. The van der Waals surface area contributed by atoms with E-state index in [2.05, 4.69) is 52.1 Å². The number of hydrogen-bond donors (Lipinski definition) is 1. The van der Waals surface area contributed by atoms with Crippen LogP contribution in [0.5, 0.6) is 0 Å². The Morgan fingerprint density at radius 2 is 1.58 bits per heavy atom. The first-order chi connectivity index (χ1) is 9.05. The van der Waals surface area contributed by atoms with Crippen molar-refractivity contribution in [3.05, 3.63) is 0 Å². The molecule has 2 heteroatoms. The molecule has 1 fully saturated rings. The number of rotatable bonds is 7. The lowest BCUT2D eigenvalue weighted by molar-refractivity contribution is 0.0468. The summed E-state index contributed by atoms with van der Waals surface area (Å²) in [6.07, 6.45) is 9.55. The monoisotopic (exact) mass is 268 g/mol. The van der Waals surface area contributed by atoms with Gasteiger partial charge in [0.1, 0.15) is 0 Å². The van der Waals surface area contributed by atoms with Crippen molar-refractivity contribution in [2.24, 2.45) is 11.8 Å². The van der Waals surface area contributed by atoms with Crippen LogP contribution < -0.4 is 5.32 Å². The van der Waals surface area contributed by atoms with E-state index in [1.54, 1.807) is 0 Å². The second kappa shape index (κ2) is 7.64. The summed E-state index contributed by atoms with van der Waals surface area (Å²) in [5.74, 6) is 1.85. The molecule has 1 unspecified atom stereocenters. The zero-order chi connectivity index (χ0) is 14.5. The molecule has 114 valence electrons. The van der Waals surface area contributed by atoms with Gasteiger partial charge in [-0.15, -0.1) is 0 Å². The lowest BCUT2D eigenvalue weighted by Gasteiger charge is -2.49. The second-order valence-electron chi connectivity index (χ2n) is 6.66. The van der Waals surface area contributed by atoms with Crippen molar-refractivity contribution in [2.45, 2.75) is 77.3 Å². The fourth-order valence-electron chi connectivity index (χ4n) is 4.47. The molecule has 1 atom stereocenters. The summed E-state index contributed by atoms with van der Waals surface area (Å²) in [4.78, 5) is 2.47. The van der Waals surface area contributed by atoms with Crippen LogP contribution in [0.15, 0.2) is 0 Å². The molecule has 0 radical (unpaired) electrons. The van der Waals surface area contributed by atoms with Crippen LogP contribution in [0.2, 0.25) is 0 Å². The molecule has 0 spiro atoms. The molecule has 0 aromatic heterocycles. The number of nitrogens with zero attached hydrogens (tertiary/aromatic N) is 1. The predicted octanol–water partition coefficient (Wildman–Crippen LogP) is 3.91. The highest BCUT2D eigenvalue weighted by Crippen LogP contribution is 2.38. The van der Waals surface area contributed by atoms with E-state index < -0.39 is 0 Å². The maximum Gasteiger partial charge on any atom is 0.0353 e. The van der Waals surface area contributed by atoms with Crippen LogP contribution in [0.25, 0.3) is 0 Å². The van der Waals surface area contributed by atoms with E-state index in [1.165, 1.54) is 44.9 Å². The smallest absolute Gasteiger partial charge is 0.0353 e. The van der Waals surface area contributed by atoms with Crippen molar-refractivity contribution in [1.29, 1.82) is 0 Å². The minimum absolute atomic E-state index is 0.318. The SMILES string of the molecule is CCC1CCC(C(NC)C(CC)(CC)N(C)C)CC1. The average molecular weight is 268 g/mol. The van der Waals surface area contributed by atoms with Crippen molar-refractivity contribution in [3.8, 4) is 0 Å². The molecule has 0 bridgehead atoms. The van der Waals surface area contributed by atoms with Gasteiger partial charge in [-0.2, -0.15) is 0 Å². The van der Waals surface area contributed by atoms with Gasteiger partial charge in [-0.3, -0.25) is 0 Å². The quantitative estimate of drug-likeness (QED) is 0.753. The minimum Gasteiger partial charge on any atom is -0.315 e. The van der Waals surface area contributed by atoms with Crippen molar-refractivity contribution >= 4 is 0 Å². The molecule has 0 heterocycles. The van der Waals surface area contributed by atoms with Gasteiger partial charge in [0.25, 0.3) is 0 Å². The predicted molar refractivity (Wildman–Crippen MR) is 85.6 cm³/mol. The third-order valence-electron chi connectivity index (χ3n) is 5.95. The highest BCUT2D eigenvalue weighted by molar-refractivity contribution is 5.00. The summed E-state index contributed by atoms with van der Waals surface area (Å²) in [6, 6.07) is 0.635. The van der Waals surface area contributed by atoms with Crippen LogP contribution in [-0.2, 0) is 0 Å². The molecular formula is C17H36N2. The van der Waals surface area contributed by atoms with Crippen LogP contribution in [-0.4, -0.2) is 37.6 Å². The Bertz CT molecular complexity index is 238. The van der Waals surface area contributed by atoms with E-state index in [4.69, 9.17) is 0 Å². The number of nitrogens with one attached hydrogen (secondary N) is 1. The Morgan fingerprint density at radius 1 is 1.05 bits per heavy atom. The molecule has 0 aliphatic heterocycles. The van der Waals surface area contributed by atoms with Gasteiger partial charge in [0.2, 0.25) is 0 Å². The lowest BCUT2D eigenvalue weighted by atomic mass is 9.69. The Balaban J connectivity index is 2.81. The van der Waals surface area contributed by atoms with E-state index in [-0.39, 0.29) is 0 Å². The van der Waals surface area contributed by atoms with Crippen molar-refractivity contribution in [3.63, 3.8) is 0 Å². The summed E-state index contributed by atoms with van der Waals surface area (Å²) in [6.45, 7) is 7.06. The molecule has 0 saturated heterocycles. The molecule has 0 aromatic carbocycles. The third kappa shape index (κ3) is 3.52. The van der Waals surface area contributed by atoms with Gasteiger partial charge in [0.15, 0.2) is 0 Å². The van der Waals surface area contributed by atoms with Crippen LogP contribution in [0, 0.1) is 11.8 Å². The molecule has 1 N–H and O–H groups in total. The minimum atomic E-state index is 0.318. The van der Waals surface area contributed by atoms with Gasteiger partial charge >= 0.3 is 0 Å². The molecule has 0 amide bonds. The Labute approximate surface area is 121 Å². The van der Waals surface area contributed by atoms with E-state index >= 15 is 0 Å². The fraction of sp³-hybridized carbons (Fsp3) is 1.00. The first-order valence-electron chi connectivity index (χ1n) is 8.40. The zero-order valence-corrected chi connectivity index (χ0v) is 14.1. The Kier molecular flexibility index (Phi) is 6.82. The summed E-state index contributed by atoms with van der Waals surface area (Å²) in [5.41, 5.74) is 0.318. The van der Waals surface area contributed by atoms with Crippen LogP contribution in [0.3, 0.4) is 0 Å². The van der Waals surface area contributed by atoms with E-state index in [1.807, 2.05) is 0 Å². The summed E-state index contributed by atoms with van der Waals surface area (Å²) in [7, 11) is 6.68. The summed E-state index contributed by atoms with van der Waals surface area (Å²) >= 11 is 0.